The Hall–Kier alpha value is -1.87. The third kappa shape index (κ3) is 36.8. The smallest absolute Gasteiger partial charge is 0.306 e. The van der Waals surface area contributed by atoms with Crippen molar-refractivity contribution in [3.05, 3.63) is 24.3 Å². The van der Waals surface area contributed by atoms with Crippen molar-refractivity contribution < 1.29 is 56.8 Å². The van der Waals surface area contributed by atoms with Crippen molar-refractivity contribution in [2.45, 2.75) is 275 Å². The van der Waals surface area contributed by atoms with Crippen LogP contribution in [-0.2, 0) is 38.7 Å². The summed E-state index contributed by atoms with van der Waals surface area (Å²) < 4.78 is 54.2. The fourth-order valence-corrected chi connectivity index (χ4v) is 8.88. The highest BCUT2D eigenvalue weighted by molar-refractivity contribution is 7.85. The van der Waals surface area contributed by atoms with Crippen molar-refractivity contribution in [3.63, 3.8) is 0 Å². The Morgan fingerprint density at radius 1 is 0.523 bits per heavy atom. The largest absolute Gasteiger partial charge is 0.462 e. The molecule has 1 aliphatic heterocycles. The Kier molecular flexibility index (Phi) is 39.7. The Balaban J connectivity index is 2.29. The van der Waals surface area contributed by atoms with Crippen molar-refractivity contribution in [1.82, 2.24) is 0 Å². The number of carbonyl (C=O) groups is 2. The standard InChI is InChI=1S/C52H96O12S/c1-3-5-7-9-11-13-15-17-18-19-20-21-22-23-24-25-26-27-29-30-32-34-36-38-40-47(53)61-42-45(43-62-52-51(57)50(56)49(55)46(64-52)44-65(58,59)60)63-48(54)41-39-37-35-33-31-28-16-14-12-10-8-6-4-2/h8,10,14,16,45-46,49-52,55-57H,3-7,9,11-13,15,17-44H2,1-2H3,(H,58,59,60)/b10-8-,16-14-. The molecule has 1 saturated heterocycles. The number of ether oxygens (including phenoxy) is 4. The molecule has 1 rings (SSSR count). The van der Waals surface area contributed by atoms with E-state index in [2.05, 4.69) is 38.2 Å². The molecule has 0 aromatic rings. The molecule has 1 aliphatic rings. The average Bonchev–Trinajstić information content (AvgIpc) is 3.27. The molecule has 0 amide bonds. The SMILES string of the molecule is CCC/C=C\C/C=C\CCCCCCCC(=O)OC(COC(=O)CCCCCCCCCCCCCCCCCCCCCCCCCC)COC1OC(CS(=O)(=O)O)C(O)C(O)C1O. The molecule has 6 unspecified atom stereocenters. The Morgan fingerprint density at radius 2 is 0.954 bits per heavy atom. The first kappa shape index (κ1) is 61.1. The quantitative estimate of drug-likeness (QED) is 0.0196. The van der Waals surface area contributed by atoms with Crippen molar-refractivity contribution in [2.24, 2.45) is 0 Å². The molecule has 65 heavy (non-hydrogen) atoms. The minimum atomic E-state index is -4.60. The highest BCUT2D eigenvalue weighted by Gasteiger charge is 2.46. The van der Waals surface area contributed by atoms with Gasteiger partial charge in [-0.25, -0.2) is 0 Å². The lowest BCUT2D eigenvalue weighted by molar-refractivity contribution is -0.297. The zero-order chi connectivity index (χ0) is 47.6. The zero-order valence-electron chi connectivity index (χ0n) is 41.1. The van der Waals surface area contributed by atoms with E-state index in [1.807, 2.05) is 0 Å². The van der Waals surface area contributed by atoms with Gasteiger partial charge in [-0.3, -0.25) is 14.1 Å². The number of esters is 2. The second-order valence-electron chi connectivity index (χ2n) is 18.5. The van der Waals surface area contributed by atoms with Crippen LogP contribution < -0.4 is 0 Å². The Morgan fingerprint density at radius 3 is 1.42 bits per heavy atom. The molecule has 13 heteroatoms. The lowest BCUT2D eigenvalue weighted by Gasteiger charge is -2.40. The van der Waals surface area contributed by atoms with E-state index in [1.165, 1.54) is 128 Å². The summed E-state index contributed by atoms with van der Waals surface area (Å²) in [5.74, 6) is -1.99. The Bertz CT molecular complexity index is 1290. The predicted molar refractivity (Wildman–Crippen MR) is 261 cm³/mol. The van der Waals surface area contributed by atoms with Gasteiger partial charge in [0.15, 0.2) is 12.4 Å². The van der Waals surface area contributed by atoms with Crippen LogP contribution in [0.25, 0.3) is 0 Å². The van der Waals surface area contributed by atoms with Gasteiger partial charge in [-0.15, -0.1) is 0 Å². The molecule has 382 valence electrons. The van der Waals surface area contributed by atoms with E-state index in [9.17, 15) is 37.9 Å². The zero-order valence-corrected chi connectivity index (χ0v) is 41.9. The second-order valence-corrected chi connectivity index (χ2v) is 20.0. The van der Waals surface area contributed by atoms with Gasteiger partial charge in [0.25, 0.3) is 10.1 Å². The Labute approximate surface area is 396 Å². The molecule has 6 atom stereocenters. The molecule has 0 radical (unpaired) electrons. The fraction of sp³-hybridized carbons (Fsp3) is 0.885. The number of hydrogen-bond donors (Lipinski definition) is 4. The number of rotatable bonds is 45. The highest BCUT2D eigenvalue weighted by Crippen LogP contribution is 2.24. The predicted octanol–water partition coefficient (Wildman–Crippen LogP) is 12.0. The van der Waals surface area contributed by atoms with E-state index < -0.39 is 71.2 Å². The lowest BCUT2D eigenvalue weighted by atomic mass is 10.00. The molecule has 0 aromatic carbocycles. The average molecular weight is 945 g/mol. The van der Waals surface area contributed by atoms with Gasteiger partial charge in [-0.2, -0.15) is 8.42 Å². The monoisotopic (exact) mass is 945 g/mol. The van der Waals surface area contributed by atoms with Gasteiger partial charge in [0, 0.05) is 12.8 Å². The maximum atomic E-state index is 12.8. The number of carbonyl (C=O) groups excluding carboxylic acids is 2. The van der Waals surface area contributed by atoms with E-state index in [-0.39, 0.29) is 19.4 Å². The first-order chi connectivity index (χ1) is 31.5. The number of unbranched alkanes of at least 4 members (excludes halogenated alkanes) is 29. The third-order valence-electron chi connectivity index (χ3n) is 12.3. The molecule has 0 spiro atoms. The first-order valence-electron chi connectivity index (χ1n) is 26.4. The van der Waals surface area contributed by atoms with E-state index in [0.29, 0.717) is 12.8 Å². The van der Waals surface area contributed by atoms with Crippen LogP contribution in [0, 0.1) is 0 Å². The molecule has 12 nitrogen and oxygen atoms in total. The minimum Gasteiger partial charge on any atom is -0.462 e. The van der Waals surface area contributed by atoms with Crippen LogP contribution in [0.15, 0.2) is 24.3 Å². The van der Waals surface area contributed by atoms with Crippen LogP contribution in [0.1, 0.15) is 239 Å². The second kappa shape index (κ2) is 42.2. The van der Waals surface area contributed by atoms with E-state index in [0.717, 1.165) is 70.6 Å². The molecule has 0 aliphatic carbocycles. The summed E-state index contributed by atoms with van der Waals surface area (Å²) in [7, 11) is -4.60. The normalized spacial score (nSPS) is 19.6. The molecule has 0 bridgehead atoms. The van der Waals surface area contributed by atoms with Crippen LogP contribution in [0.5, 0.6) is 0 Å². The number of allylic oxidation sites excluding steroid dienone is 4. The van der Waals surface area contributed by atoms with E-state index >= 15 is 0 Å². The number of aliphatic hydroxyl groups is 3. The summed E-state index contributed by atoms with van der Waals surface area (Å²) in [5.41, 5.74) is 0. The maximum Gasteiger partial charge on any atom is 0.306 e. The molecule has 4 N–H and O–H groups in total. The maximum absolute atomic E-state index is 12.8. The van der Waals surface area contributed by atoms with Crippen LogP contribution >= 0.6 is 0 Å². The summed E-state index contributed by atoms with van der Waals surface area (Å²) in [6, 6.07) is 0. The topological polar surface area (TPSA) is 186 Å². The van der Waals surface area contributed by atoms with Gasteiger partial charge >= 0.3 is 11.9 Å². The van der Waals surface area contributed by atoms with Crippen molar-refractivity contribution in [1.29, 1.82) is 0 Å². The van der Waals surface area contributed by atoms with Gasteiger partial charge < -0.3 is 34.3 Å². The highest BCUT2D eigenvalue weighted by atomic mass is 32.2. The van der Waals surface area contributed by atoms with Gasteiger partial charge in [0.2, 0.25) is 0 Å². The van der Waals surface area contributed by atoms with E-state index in [1.54, 1.807) is 0 Å². The molecule has 1 fully saturated rings. The van der Waals surface area contributed by atoms with E-state index in [4.69, 9.17) is 18.9 Å². The van der Waals surface area contributed by atoms with Gasteiger partial charge in [0.05, 0.1) is 6.61 Å². The summed E-state index contributed by atoms with van der Waals surface area (Å²) in [6.45, 7) is 3.72. The molecular weight excluding hydrogens is 849 g/mol. The van der Waals surface area contributed by atoms with Crippen LogP contribution in [0.3, 0.4) is 0 Å². The molecule has 0 saturated carbocycles. The van der Waals surface area contributed by atoms with Crippen molar-refractivity contribution >= 4 is 22.1 Å². The van der Waals surface area contributed by atoms with Crippen molar-refractivity contribution in [3.8, 4) is 0 Å². The lowest BCUT2D eigenvalue weighted by Crippen LogP contribution is -2.60. The molecule has 1 heterocycles. The van der Waals surface area contributed by atoms with Crippen LogP contribution in [0.2, 0.25) is 0 Å². The van der Waals surface area contributed by atoms with Gasteiger partial charge in [-0.05, 0) is 38.5 Å². The summed E-state index contributed by atoms with van der Waals surface area (Å²) >= 11 is 0. The van der Waals surface area contributed by atoms with Crippen LogP contribution in [-0.4, -0.2) is 96.0 Å². The summed E-state index contributed by atoms with van der Waals surface area (Å²) in [4.78, 5) is 25.5. The number of hydrogen-bond acceptors (Lipinski definition) is 11. The summed E-state index contributed by atoms with van der Waals surface area (Å²) in [5, 5.41) is 30.9. The molecular formula is C52H96O12S. The number of aliphatic hydroxyl groups excluding tert-OH is 3. The van der Waals surface area contributed by atoms with Crippen LogP contribution in [0.4, 0.5) is 0 Å². The van der Waals surface area contributed by atoms with Gasteiger partial charge in [0.1, 0.15) is 36.8 Å². The summed E-state index contributed by atoms with van der Waals surface area (Å²) in [6.07, 6.45) is 39.5. The molecule has 0 aromatic heterocycles. The first-order valence-corrected chi connectivity index (χ1v) is 28.0. The van der Waals surface area contributed by atoms with Gasteiger partial charge in [-0.1, -0.05) is 212 Å². The third-order valence-corrected chi connectivity index (χ3v) is 13.0. The minimum absolute atomic E-state index is 0.151. The fourth-order valence-electron chi connectivity index (χ4n) is 8.19. The van der Waals surface area contributed by atoms with Crippen molar-refractivity contribution in [2.75, 3.05) is 19.0 Å².